The van der Waals surface area contributed by atoms with Crippen LogP contribution in [0.2, 0.25) is 0 Å². The van der Waals surface area contributed by atoms with Crippen LogP contribution in [0.5, 0.6) is 0 Å². The number of halogens is 1. The first-order valence-electron chi connectivity index (χ1n) is 8.79. The standard InChI is InChI=1S/C16H20N4O7.ClH/c21-16(11-2-1-3-17-8-11)18-4-6-20(24,7-5-18)12-9-25-15-13(27-19(22)23)10-26-14(12)15;/h1-3,8,12-15H,4-7,9-10H2;1H/t12-,13-,14+,15+;/m0./s1. The van der Waals surface area contributed by atoms with E-state index >= 15 is 0 Å². The zero-order chi connectivity index (χ0) is 19.0. The molecular formula is C16H21ClN4O7. The van der Waals surface area contributed by atoms with Crippen molar-refractivity contribution in [2.24, 2.45) is 0 Å². The van der Waals surface area contributed by atoms with Gasteiger partial charge in [-0.3, -0.25) is 9.78 Å². The van der Waals surface area contributed by atoms with E-state index in [-0.39, 0.29) is 44.6 Å². The molecule has 11 nitrogen and oxygen atoms in total. The Morgan fingerprint density at radius 1 is 1.29 bits per heavy atom. The maximum Gasteiger partial charge on any atom is 0.294 e. The second kappa shape index (κ2) is 8.13. The first-order chi connectivity index (χ1) is 13.0. The molecule has 3 aliphatic rings. The van der Waals surface area contributed by atoms with E-state index in [0.717, 1.165) is 0 Å². The van der Waals surface area contributed by atoms with Crippen molar-refractivity contribution < 1.29 is 28.8 Å². The molecule has 0 bridgehead atoms. The molecule has 1 aromatic heterocycles. The summed E-state index contributed by atoms with van der Waals surface area (Å²) in [7, 11) is 0. The Hall–Kier alpha value is -2.05. The third-order valence-corrected chi connectivity index (χ3v) is 5.50. The van der Waals surface area contributed by atoms with E-state index < -0.39 is 34.1 Å². The van der Waals surface area contributed by atoms with Gasteiger partial charge >= 0.3 is 0 Å². The molecule has 3 fully saturated rings. The van der Waals surface area contributed by atoms with Gasteiger partial charge in [0.1, 0.15) is 24.9 Å². The van der Waals surface area contributed by atoms with Gasteiger partial charge in [0.05, 0.1) is 38.3 Å². The summed E-state index contributed by atoms with van der Waals surface area (Å²) in [6.07, 6.45) is 1.15. The van der Waals surface area contributed by atoms with Crippen molar-refractivity contribution in [2.75, 3.05) is 39.4 Å². The number of rotatable bonds is 4. The van der Waals surface area contributed by atoms with Gasteiger partial charge in [0.25, 0.3) is 11.0 Å². The number of carbonyl (C=O) groups excluding carboxylic acids is 1. The molecule has 0 saturated carbocycles. The number of piperazine rings is 1. The van der Waals surface area contributed by atoms with Crippen molar-refractivity contribution >= 4 is 18.3 Å². The highest BCUT2D eigenvalue weighted by molar-refractivity contribution is 5.93. The van der Waals surface area contributed by atoms with E-state index in [2.05, 4.69) is 9.82 Å². The number of carbonyl (C=O) groups is 1. The lowest BCUT2D eigenvalue weighted by atomic mass is 10.0. The number of nitrogens with zero attached hydrogens (tertiary/aromatic N) is 4. The minimum absolute atomic E-state index is 0. The number of amides is 1. The smallest absolute Gasteiger partial charge is 0.294 e. The fourth-order valence-corrected chi connectivity index (χ4v) is 4.06. The number of pyridine rings is 1. The van der Waals surface area contributed by atoms with Gasteiger partial charge in [-0.15, -0.1) is 22.5 Å². The molecule has 1 aromatic rings. The van der Waals surface area contributed by atoms with Gasteiger partial charge in [0.2, 0.25) is 0 Å². The molecule has 3 saturated heterocycles. The average Bonchev–Trinajstić information content (AvgIpc) is 3.25. The number of fused-ring (bicyclic) bond motifs is 1. The molecule has 154 valence electrons. The summed E-state index contributed by atoms with van der Waals surface area (Å²) in [6.45, 7) is 1.26. The normalized spacial score (nSPS) is 31.0. The van der Waals surface area contributed by atoms with Gasteiger partial charge in [-0.1, -0.05) is 0 Å². The van der Waals surface area contributed by atoms with Crippen LogP contribution in [0.15, 0.2) is 24.5 Å². The Kier molecular flexibility index (Phi) is 6.01. The van der Waals surface area contributed by atoms with Gasteiger partial charge < -0.3 is 29.1 Å². The topological polar surface area (TPSA) is 127 Å². The Balaban J connectivity index is 0.00000225. The highest BCUT2D eigenvalue weighted by Gasteiger charge is 2.55. The van der Waals surface area contributed by atoms with Crippen LogP contribution in [0.3, 0.4) is 0 Å². The lowest BCUT2D eigenvalue weighted by Crippen LogP contribution is -2.64. The van der Waals surface area contributed by atoms with Crippen LogP contribution >= 0.6 is 12.4 Å². The van der Waals surface area contributed by atoms with Gasteiger partial charge in [-0.25, -0.2) is 0 Å². The third-order valence-electron chi connectivity index (χ3n) is 5.50. The number of hydrogen-bond donors (Lipinski definition) is 0. The highest BCUT2D eigenvalue weighted by atomic mass is 35.5. The van der Waals surface area contributed by atoms with Crippen LogP contribution in [-0.4, -0.2) is 89.3 Å². The molecule has 1 amide bonds. The Morgan fingerprint density at radius 3 is 2.64 bits per heavy atom. The van der Waals surface area contributed by atoms with Crippen molar-refractivity contribution in [3.8, 4) is 0 Å². The number of hydroxylamine groups is 3. The lowest BCUT2D eigenvalue weighted by Gasteiger charge is -2.52. The van der Waals surface area contributed by atoms with Gasteiger partial charge in [0, 0.05) is 12.4 Å². The molecule has 0 aliphatic carbocycles. The monoisotopic (exact) mass is 416 g/mol. The fraction of sp³-hybridized carbons (Fsp3) is 0.625. The quantitative estimate of drug-likeness (QED) is 0.291. The molecule has 0 radical (unpaired) electrons. The largest absolute Gasteiger partial charge is 0.632 e. The molecule has 0 N–H and O–H groups in total. The predicted octanol–water partition coefficient (Wildman–Crippen LogP) is 0.0169. The van der Waals surface area contributed by atoms with Crippen molar-refractivity contribution in [3.05, 3.63) is 45.4 Å². The Labute approximate surface area is 166 Å². The van der Waals surface area contributed by atoms with E-state index in [4.69, 9.17) is 9.47 Å². The summed E-state index contributed by atoms with van der Waals surface area (Å²) >= 11 is 0. The van der Waals surface area contributed by atoms with Gasteiger partial charge in [-0.05, 0) is 12.1 Å². The zero-order valence-electron chi connectivity index (χ0n) is 14.9. The molecule has 3 aliphatic heterocycles. The first kappa shape index (κ1) is 20.7. The molecule has 28 heavy (non-hydrogen) atoms. The minimum atomic E-state index is -0.864. The van der Waals surface area contributed by atoms with E-state index in [1.807, 2.05) is 0 Å². The van der Waals surface area contributed by atoms with Crippen LogP contribution in [0.4, 0.5) is 0 Å². The maximum absolute atomic E-state index is 13.4. The summed E-state index contributed by atoms with van der Waals surface area (Å²) in [5.74, 6) is -0.147. The number of aromatic nitrogens is 1. The lowest BCUT2D eigenvalue weighted by molar-refractivity contribution is -0.910. The number of ether oxygens (including phenoxy) is 2. The van der Waals surface area contributed by atoms with Gasteiger partial charge in [0.15, 0.2) is 6.10 Å². The summed E-state index contributed by atoms with van der Waals surface area (Å²) in [4.78, 5) is 33.3. The van der Waals surface area contributed by atoms with Crippen molar-refractivity contribution in [2.45, 2.75) is 24.4 Å². The zero-order valence-corrected chi connectivity index (χ0v) is 15.7. The molecule has 0 unspecified atom stereocenters. The maximum atomic E-state index is 13.4. The molecule has 12 heteroatoms. The summed E-state index contributed by atoms with van der Waals surface area (Å²) in [6, 6.07) is 2.91. The molecular weight excluding hydrogens is 396 g/mol. The van der Waals surface area contributed by atoms with Crippen molar-refractivity contribution in [1.82, 2.24) is 9.88 Å². The van der Waals surface area contributed by atoms with Crippen LogP contribution in [0.1, 0.15) is 10.4 Å². The fourth-order valence-electron chi connectivity index (χ4n) is 4.06. The first-order valence-corrected chi connectivity index (χ1v) is 8.79. The van der Waals surface area contributed by atoms with Crippen LogP contribution in [-0.2, 0) is 14.3 Å². The third kappa shape index (κ3) is 3.76. The predicted molar refractivity (Wildman–Crippen MR) is 95.9 cm³/mol. The molecule has 4 heterocycles. The highest BCUT2D eigenvalue weighted by Crippen LogP contribution is 2.35. The number of hydrogen-bond acceptors (Lipinski definition) is 8. The van der Waals surface area contributed by atoms with E-state index in [9.17, 15) is 20.1 Å². The van der Waals surface area contributed by atoms with E-state index in [1.165, 1.54) is 6.20 Å². The average molecular weight is 417 g/mol. The summed E-state index contributed by atoms with van der Waals surface area (Å²) < 4.78 is 10.7. The SMILES string of the molecule is Cl.O=C(c1cccnc1)N1CC[N+]([O-])([C@H]2CO[C@H]3[C@@H]2OC[C@@H]3O[N+](=O)[O-])CC1. The molecule has 0 aromatic carbocycles. The van der Waals surface area contributed by atoms with Crippen molar-refractivity contribution in [1.29, 1.82) is 0 Å². The molecule has 0 spiro atoms. The van der Waals surface area contributed by atoms with Crippen molar-refractivity contribution in [3.63, 3.8) is 0 Å². The van der Waals surface area contributed by atoms with Crippen LogP contribution in [0.25, 0.3) is 0 Å². The summed E-state index contributed by atoms with van der Waals surface area (Å²) in [5.41, 5.74) is 0.492. The van der Waals surface area contributed by atoms with E-state index in [1.54, 1.807) is 23.2 Å². The van der Waals surface area contributed by atoms with E-state index in [0.29, 0.717) is 18.7 Å². The Bertz CT molecular complexity index is 716. The Morgan fingerprint density at radius 2 is 2.00 bits per heavy atom. The summed E-state index contributed by atoms with van der Waals surface area (Å²) in [5, 5.41) is 23.1. The molecule has 4 rings (SSSR count). The second-order valence-corrected chi connectivity index (χ2v) is 6.96. The van der Waals surface area contributed by atoms with Gasteiger partial charge in [-0.2, -0.15) is 0 Å². The second-order valence-electron chi connectivity index (χ2n) is 6.96. The molecule has 4 atom stereocenters. The number of quaternary nitrogens is 1. The minimum Gasteiger partial charge on any atom is -0.632 e. The van der Waals surface area contributed by atoms with Crippen LogP contribution in [0, 0.1) is 15.3 Å². The van der Waals surface area contributed by atoms with Crippen LogP contribution < -0.4 is 0 Å².